The van der Waals surface area contributed by atoms with Gasteiger partial charge in [0.2, 0.25) is 5.91 Å². The van der Waals surface area contributed by atoms with Crippen LogP contribution in [-0.4, -0.2) is 35.5 Å². The van der Waals surface area contributed by atoms with E-state index in [0.717, 1.165) is 22.3 Å². The second-order valence-electron chi connectivity index (χ2n) is 7.49. The third-order valence-electron chi connectivity index (χ3n) is 5.12. The number of nitrogens with one attached hydrogen (secondary N) is 1. The van der Waals surface area contributed by atoms with E-state index in [-0.39, 0.29) is 12.3 Å². The van der Waals surface area contributed by atoms with Gasteiger partial charge >= 0.3 is 5.97 Å². The number of hydrogen-bond donors (Lipinski definition) is 4. The van der Waals surface area contributed by atoms with Crippen molar-refractivity contribution in [3.8, 4) is 11.1 Å². The number of benzene rings is 3. The molecule has 0 bridgehead atoms. The van der Waals surface area contributed by atoms with Crippen LogP contribution in [0.3, 0.4) is 0 Å². The Labute approximate surface area is 186 Å². The summed E-state index contributed by atoms with van der Waals surface area (Å²) in [4.78, 5) is 34.5. The molecule has 7 heteroatoms. The van der Waals surface area contributed by atoms with Crippen molar-refractivity contribution in [1.82, 2.24) is 5.32 Å². The first-order valence-electron chi connectivity index (χ1n) is 10.2. The molecule has 3 rings (SSSR count). The maximum absolute atomic E-state index is 12.3. The highest BCUT2D eigenvalue weighted by Gasteiger charge is 2.12. The summed E-state index contributed by atoms with van der Waals surface area (Å²) < 4.78 is 0. The number of carbonyl (C=O) groups excluding carboxylic acids is 2. The van der Waals surface area contributed by atoms with Crippen molar-refractivity contribution < 1.29 is 19.5 Å². The van der Waals surface area contributed by atoms with Crippen LogP contribution in [0.4, 0.5) is 0 Å². The highest BCUT2D eigenvalue weighted by molar-refractivity contribution is 5.94. The second kappa shape index (κ2) is 10.4. The number of amides is 2. The molecule has 7 nitrogen and oxygen atoms in total. The minimum atomic E-state index is -1.06. The number of primary amides is 1. The van der Waals surface area contributed by atoms with E-state index < -0.39 is 17.9 Å². The van der Waals surface area contributed by atoms with Gasteiger partial charge in [0.1, 0.15) is 6.04 Å². The molecule has 2 amide bonds. The molecule has 1 atom stereocenters. The van der Waals surface area contributed by atoms with Crippen LogP contribution in [0.2, 0.25) is 0 Å². The van der Waals surface area contributed by atoms with Gasteiger partial charge in [0.15, 0.2) is 0 Å². The lowest BCUT2D eigenvalue weighted by Crippen LogP contribution is -2.32. The predicted molar refractivity (Wildman–Crippen MR) is 122 cm³/mol. The molecule has 0 unspecified atom stereocenters. The van der Waals surface area contributed by atoms with Crippen LogP contribution in [0.5, 0.6) is 0 Å². The van der Waals surface area contributed by atoms with Gasteiger partial charge in [-0.2, -0.15) is 0 Å². The summed E-state index contributed by atoms with van der Waals surface area (Å²) in [6, 6.07) is 20.9. The average Bonchev–Trinajstić information content (AvgIpc) is 2.80. The van der Waals surface area contributed by atoms with Crippen molar-refractivity contribution >= 4 is 17.8 Å². The molecule has 0 spiro atoms. The molecule has 0 radical (unpaired) electrons. The van der Waals surface area contributed by atoms with Gasteiger partial charge in [-0.1, -0.05) is 48.5 Å². The van der Waals surface area contributed by atoms with Crippen LogP contribution < -0.4 is 16.8 Å². The minimum absolute atomic E-state index is 0.195. The van der Waals surface area contributed by atoms with Crippen LogP contribution in [0, 0.1) is 0 Å². The Bertz CT molecular complexity index is 1110. The summed E-state index contributed by atoms with van der Waals surface area (Å²) >= 11 is 0. The van der Waals surface area contributed by atoms with E-state index in [9.17, 15) is 14.4 Å². The number of rotatable bonds is 9. The van der Waals surface area contributed by atoms with Crippen molar-refractivity contribution in [3.63, 3.8) is 0 Å². The third-order valence-corrected chi connectivity index (χ3v) is 5.12. The summed E-state index contributed by atoms with van der Waals surface area (Å²) in [6.07, 6.45) is 0.874. The fourth-order valence-electron chi connectivity index (χ4n) is 3.27. The van der Waals surface area contributed by atoms with Gasteiger partial charge in [-0.25, -0.2) is 0 Å². The lowest BCUT2D eigenvalue weighted by molar-refractivity contribution is -0.138. The normalized spacial score (nSPS) is 11.5. The molecule has 6 N–H and O–H groups in total. The quantitative estimate of drug-likeness (QED) is 0.412. The van der Waals surface area contributed by atoms with E-state index in [1.54, 1.807) is 42.5 Å². The van der Waals surface area contributed by atoms with E-state index >= 15 is 0 Å². The van der Waals surface area contributed by atoms with Gasteiger partial charge in [-0.3, -0.25) is 14.4 Å². The van der Waals surface area contributed by atoms with E-state index in [1.165, 1.54) is 0 Å². The van der Waals surface area contributed by atoms with Gasteiger partial charge in [0, 0.05) is 17.7 Å². The minimum Gasteiger partial charge on any atom is -0.480 e. The first-order chi connectivity index (χ1) is 15.3. The van der Waals surface area contributed by atoms with E-state index in [4.69, 9.17) is 16.6 Å². The molecule has 0 saturated heterocycles. The highest BCUT2D eigenvalue weighted by Crippen LogP contribution is 2.21. The van der Waals surface area contributed by atoms with E-state index in [1.807, 2.05) is 30.3 Å². The van der Waals surface area contributed by atoms with Gasteiger partial charge in [-0.15, -0.1) is 0 Å². The molecule has 164 valence electrons. The monoisotopic (exact) mass is 431 g/mol. The topological polar surface area (TPSA) is 136 Å². The average molecular weight is 431 g/mol. The Morgan fingerprint density at radius 2 is 1.50 bits per heavy atom. The van der Waals surface area contributed by atoms with Gasteiger partial charge in [0.05, 0.1) is 0 Å². The molecule has 0 aromatic heterocycles. The second-order valence-corrected chi connectivity index (χ2v) is 7.49. The summed E-state index contributed by atoms with van der Waals surface area (Å²) in [5.74, 6) is -1.71. The first kappa shape index (κ1) is 22.7. The SMILES string of the molecule is NC(=O)c1cccc(-c2ccc(CCNC(=O)c3ccc(C[C@H](N)C(=O)O)cc3)cc2)c1. The first-order valence-corrected chi connectivity index (χ1v) is 10.2. The number of carbonyl (C=O) groups is 3. The number of hydrogen-bond acceptors (Lipinski definition) is 4. The van der Waals surface area contributed by atoms with Crippen LogP contribution in [0.1, 0.15) is 31.8 Å². The zero-order valence-corrected chi connectivity index (χ0v) is 17.5. The third kappa shape index (κ3) is 6.02. The van der Waals surface area contributed by atoms with Crippen molar-refractivity contribution in [2.75, 3.05) is 6.54 Å². The lowest BCUT2D eigenvalue weighted by Gasteiger charge is -2.09. The molecule has 0 aliphatic carbocycles. The molecule has 0 saturated carbocycles. The molecule has 0 heterocycles. The summed E-state index contributed by atoms with van der Waals surface area (Å²) in [7, 11) is 0. The van der Waals surface area contributed by atoms with Crippen LogP contribution in [0.15, 0.2) is 72.8 Å². The van der Waals surface area contributed by atoms with E-state index in [2.05, 4.69) is 5.32 Å². The molecule has 3 aromatic carbocycles. The van der Waals surface area contributed by atoms with Crippen molar-refractivity contribution in [3.05, 3.63) is 95.1 Å². The molecule has 0 aliphatic heterocycles. The molecular weight excluding hydrogens is 406 g/mol. The Kier molecular flexibility index (Phi) is 7.36. The summed E-state index contributed by atoms with van der Waals surface area (Å²) in [5, 5.41) is 11.8. The lowest BCUT2D eigenvalue weighted by atomic mass is 10.0. The maximum Gasteiger partial charge on any atom is 0.320 e. The van der Waals surface area contributed by atoms with Crippen molar-refractivity contribution in [2.45, 2.75) is 18.9 Å². The Morgan fingerprint density at radius 3 is 2.12 bits per heavy atom. The smallest absolute Gasteiger partial charge is 0.320 e. The fraction of sp³-hybridized carbons (Fsp3) is 0.160. The van der Waals surface area contributed by atoms with Gasteiger partial charge < -0.3 is 21.9 Å². The Balaban J connectivity index is 1.52. The highest BCUT2D eigenvalue weighted by atomic mass is 16.4. The van der Waals surface area contributed by atoms with Crippen LogP contribution >= 0.6 is 0 Å². The van der Waals surface area contributed by atoms with Gasteiger partial charge in [0.25, 0.3) is 5.91 Å². The molecular formula is C25H25N3O4. The number of carboxylic acids is 1. The molecule has 0 aliphatic rings. The maximum atomic E-state index is 12.3. The predicted octanol–water partition coefficient (Wildman–Crippen LogP) is 2.38. The largest absolute Gasteiger partial charge is 0.480 e. The van der Waals surface area contributed by atoms with Crippen LogP contribution in [0.25, 0.3) is 11.1 Å². The number of nitrogens with two attached hydrogens (primary N) is 2. The molecule has 0 fully saturated rings. The zero-order chi connectivity index (χ0) is 23.1. The number of carboxylic acid groups (broad SMARTS) is 1. The van der Waals surface area contributed by atoms with Crippen molar-refractivity contribution in [1.29, 1.82) is 0 Å². The fourth-order valence-corrected chi connectivity index (χ4v) is 3.27. The Hall–Kier alpha value is -3.97. The zero-order valence-electron chi connectivity index (χ0n) is 17.5. The summed E-state index contributed by atoms with van der Waals surface area (Å²) in [6.45, 7) is 0.473. The number of aliphatic carboxylic acids is 1. The van der Waals surface area contributed by atoms with Crippen molar-refractivity contribution in [2.24, 2.45) is 11.5 Å². The van der Waals surface area contributed by atoms with Gasteiger partial charge in [-0.05, 0) is 59.4 Å². The molecule has 3 aromatic rings. The van der Waals surface area contributed by atoms with Crippen LogP contribution in [-0.2, 0) is 17.6 Å². The molecule has 32 heavy (non-hydrogen) atoms. The summed E-state index contributed by atoms with van der Waals surface area (Å²) in [5.41, 5.74) is 15.6. The standard InChI is InChI=1S/C25H25N3O4/c26-22(25(31)32)14-17-6-10-19(11-7-17)24(30)28-13-12-16-4-8-18(9-5-16)20-2-1-3-21(15-20)23(27)29/h1-11,15,22H,12-14,26H2,(H2,27,29)(H,28,30)(H,31,32)/t22-/m0/s1. The van der Waals surface area contributed by atoms with E-state index in [0.29, 0.717) is 24.1 Å². The Morgan fingerprint density at radius 1 is 0.844 bits per heavy atom.